The summed E-state index contributed by atoms with van der Waals surface area (Å²) in [6, 6.07) is 7.70. The Kier molecular flexibility index (Phi) is 4.37. The molecule has 0 saturated heterocycles. The topological polar surface area (TPSA) is 62.9 Å². The van der Waals surface area contributed by atoms with Crippen LogP contribution in [0, 0.1) is 5.82 Å². The quantitative estimate of drug-likeness (QED) is 0.857. The lowest BCUT2D eigenvalue weighted by molar-refractivity contribution is 0.344. The van der Waals surface area contributed by atoms with Crippen LogP contribution in [0.4, 0.5) is 10.1 Å². The van der Waals surface area contributed by atoms with Crippen molar-refractivity contribution in [2.75, 3.05) is 27.1 Å². The van der Waals surface area contributed by atoms with Crippen molar-refractivity contribution in [1.82, 2.24) is 0 Å². The van der Waals surface area contributed by atoms with E-state index in [0.29, 0.717) is 17.2 Å². The lowest BCUT2D eigenvalue weighted by atomic mass is 10.2. The number of methoxy groups -OCH3 is 3. The molecular weight excluding hydrogens is 277 g/mol. The van der Waals surface area contributed by atoms with Gasteiger partial charge >= 0.3 is 0 Å². The maximum absolute atomic E-state index is 13.6. The molecule has 112 valence electrons. The molecule has 0 aromatic heterocycles. The van der Waals surface area contributed by atoms with Crippen LogP contribution in [0.5, 0.6) is 28.7 Å². The van der Waals surface area contributed by atoms with E-state index in [9.17, 15) is 4.39 Å². The highest BCUT2D eigenvalue weighted by Gasteiger charge is 2.16. The van der Waals surface area contributed by atoms with Gasteiger partial charge in [-0.25, -0.2) is 4.39 Å². The molecule has 0 unspecified atom stereocenters. The second-order valence-corrected chi connectivity index (χ2v) is 4.12. The Morgan fingerprint density at radius 2 is 1.43 bits per heavy atom. The van der Waals surface area contributed by atoms with Crippen LogP contribution in [0.25, 0.3) is 0 Å². The summed E-state index contributed by atoms with van der Waals surface area (Å²) in [4.78, 5) is 0. The fourth-order valence-electron chi connectivity index (χ4n) is 1.82. The molecule has 2 rings (SSSR count). The summed E-state index contributed by atoms with van der Waals surface area (Å²) < 4.78 is 34.7. The molecule has 2 aromatic rings. The molecular formula is C15H16FNO4. The minimum Gasteiger partial charge on any atom is -0.494 e. The number of halogens is 1. The average molecular weight is 293 g/mol. The minimum atomic E-state index is -0.561. The van der Waals surface area contributed by atoms with Crippen molar-refractivity contribution >= 4 is 5.69 Å². The van der Waals surface area contributed by atoms with Crippen molar-refractivity contribution in [2.45, 2.75) is 0 Å². The molecule has 0 aliphatic carbocycles. The first-order valence-electron chi connectivity index (χ1n) is 6.12. The summed E-state index contributed by atoms with van der Waals surface area (Å²) in [5, 5.41) is 0. The number of anilines is 1. The fourth-order valence-corrected chi connectivity index (χ4v) is 1.82. The predicted molar refractivity (Wildman–Crippen MR) is 77.0 cm³/mol. The summed E-state index contributed by atoms with van der Waals surface area (Å²) in [7, 11) is 4.38. The zero-order chi connectivity index (χ0) is 15.4. The molecule has 0 spiro atoms. The second kappa shape index (κ2) is 6.21. The van der Waals surface area contributed by atoms with E-state index in [2.05, 4.69) is 0 Å². The van der Waals surface area contributed by atoms with Crippen molar-refractivity contribution < 1.29 is 23.3 Å². The highest BCUT2D eigenvalue weighted by molar-refractivity contribution is 5.60. The molecule has 0 bridgehead atoms. The summed E-state index contributed by atoms with van der Waals surface area (Å²) >= 11 is 0. The van der Waals surface area contributed by atoms with Gasteiger partial charge in [-0.15, -0.1) is 0 Å². The van der Waals surface area contributed by atoms with Crippen molar-refractivity contribution in [3.05, 3.63) is 36.1 Å². The van der Waals surface area contributed by atoms with E-state index >= 15 is 0 Å². The number of nitrogens with two attached hydrogens (primary N) is 1. The van der Waals surface area contributed by atoms with Crippen LogP contribution >= 0.6 is 0 Å². The number of nitrogen functional groups attached to an aromatic ring is 1. The van der Waals surface area contributed by atoms with Gasteiger partial charge < -0.3 is 24.7 Å². The van der Waals surface area contributed by atoms with Gasteiger partial charge in [0.2, 0.25) is 5.75 Å². The van der Waals surface area contributed by atoms with Crippen molar-refractivity contribution in [2.24, 2.45) is 0 Å². The third-order valence-corrected chi connectivity index (χ3v) is 2.88. The van der Waals surface area contributed by atoms with E-state index in [-0.39, 0.29) is 17.2 Å². The Morgan fingerprint density at radius 3 is 1.95 bits per heavy atom. The molecule has 0 aliphatic heterocycles. The SMILES string of the molecule is COc1cc(Oc2c(OC)cccc2OC)c(N)cc1F. The van der Waals surface area contributed by atoms with Crippen molar-refractivity contribution in [3.63, 3.8) is 0 Å². The van der Waals surface area contributed by atoms with Crippen LogP contribution in [0.3, 0.4) is 0 Å². The summed E-state index contributed by atoms with van der Waals surface area (Å²) in [5.74, 6) is 1.01. The van der Waals surface area contributed by atoms with Gasteiger partial charge in [0.05, 0.1) is 27.0 Å². The van der Waals surface area contributed by atoms with Gasteiger partial charge in [0, 0.05) is 12.1 Å². The van der Waals surface area contributed by atoms with Gasteiger partial charge in [0.15, 0.2) is 28.8 Å². The standard InChI is InChI=1S/C15H16FNO4/c1-18-11-5-4-6-12(19-2)15(11)21-14-8-13(20-3)9(16)7-10(14)17/h4-8H,17H2,1-3H3. The normalized spacial score (nSPS) is 10.1. The van der Waals surface area contributed by atoms with Gasteiger partial charge in [-0.05, 0) is 12.1 Å². The number of hydrogen-bond acceptors (Lipinski definition) is 5. The molecule has 0 amide bonds. The van der Waals surface area contributed by atoms with Gasteiger partial charge in [-0.2, -0.15) is 0 Å². The van der Waals surface area contributed by atoms with Gasteiger partial charge in [0.25, 0.3) is 0 Å². The number of hydrogen-bond donors (Lipinski definition) is 1. The molecule has 0 heterocycles. The Balaban J connectivity index is 2.47. The lowest BCUT2D eigenvalue weighted by Crippen LogP contribution is -1.99. The monoisotopic (exact) mass is 293 g/mol. The molecule has 6 heteroatoms. The molecule has 0 radical (unpaired) electrons. The zero-order valence-corrected chi connectivity index (χ0v) is 12.0. The van der Waals surface area contributed by atoms with E-state index in [4.69, 9.17) is 24.7 Å². The molecule has 0 aliphatic rings. The highest BCUT2D eigenvalue weighted by atomic mass is 19.1. The van der Waals surface area contributed by atoms with Crippen molar-refractivity contribution in [3.8, 4) is 28.7 Å². The molecule has 0 fully saturated rings. The summed E-state index contributed by atoms with van der Waals surface area (Å²) in [6.07, 6.45) is 0. The Bertz CT molecular complexity index is 624. The number of para-hydroxylation sites is 1. The lowest BCUT2D eigenvalue weighted by Gasteiger charge is -2.15. The number of benzene rings is 2. The molecule has 2 N–H and O–H groups in total. The van der Waals surface area contributed by atoms with E-state index < -0.39 is 5.82 Å². The van der Waals surface area contributed by atoms with Crippen LogP contribution in [-0.4, -0.2) is 21.3 Å². The van der Waals surface area contributed by atoms with E-state index in [0.717, 1.165) is 6.07 Å². The summed E-state index contributed by atoms with van der Waals surface area (Å²) in [6.45, 7) is 0. The smallest absolute Gasteiger partial charge is 0.211 e. The van der Waals surface area contributed by atoms with Gasteiger partial charge in [-0.1, -0.05) is 6.07 Å². The average Bonchev–Trinajstić information content (AvgIpc) is 2.49. The summed E-state index contributed by atoms with van der Waals surface area (Å²) in [5.41, 5.74) is 5.91. The maximum Gasteiger partial charge on any atom is 0.211 e. The molecule has 5 nitrogen and oxygen atoms in total. The molecule has 0 saturated carbocycles. The fraction of sp³-hybridized carbons (Fsp3) is 0.200. The minimum absolute atomic E-state index is 0.0352. The van der Waals surface area contributed by atoms with Crippen LogP contribution < -0.4 is 24.7 Å². The number of rotatable bonds is 5. The largest absolute Gasteiger partial charge is 0.494 e. The number of ether oxygens (including phenoxy) is 4. The Hall–Kier alpha value is -2.63. The van der Waals surface area contributed by atoms with Crippen LogP contribution in [0.15, 0.2) is 30.3 Å². The van der Waals surface area contributed by atoms with Gasteiger partial charge in [0.1, 0.15) is 0 Å². The molecule has 21 heavy (non-hydrogen) atoms. The third kappa shape index (κ3) is 2.94. The first kappa shape index (κ1) is 14.8. The first-order valence-corrected chi connectivity index (χ1v) is 6.12. The van der Waals surface area contributed by atoms with Crippen LogP contribution in [-0.2, 0) is 0 Å². The second-order valence-electron chi connectivity index (χ2n) is 4.12. The predicted octanol–water partition coefficient (Wildman–Crippen LogP) is 3.23. The van der Waals surface area contributed by atoms with E-state index in [1.165, 1.54) is 27.4 Å². The third-order valence-electron chi connectivity index (χ3n) is 2.88. The first-order chi connectivity index (χ1) is 10.1. The Labute approximate surface area is 122 Å². The van der Waals surface area contributed by atoms with Crippen LogP contribution in [0.1, 0.15) is 0 Å². The zero-order valence-electron chi connectivity index (χ0n) is 12.0. The highest BCUT2D eigenvalue weighted by Crippen LogP contribution is 2.42. The maximum atomic E-state index is 13.6. The van der Waals surface area contributed by atoms with E-state index in [1.807, 2.05) is 0 Å². The molecule has 2 aromatic carbocycles. The van der Waals surface area contributed by atoms with E-state index in [1.54, 1.807) is 18.2 Å². The Morgan fingerprint density at radius 1 is 0.857 bits per heavy atom. The molecule has 0 atom stereocenters. The van der Waals surface area contributed by atoms with Crippen molar-refractivity contribution in [1.29, 1.82) is 0 Å². The van der Waals surface area contributed by atoms with Crippen LogP contribution in [0.2, 0.25) is 0 Å². The van der Waals surface area contributed by atoms with Gasteiger partial charge in [-0.3, -0.25) is 0 Å².